The van der Waals surface area contributed by atoms with Crippen molar-refractivity contribution in [3.63, 3.8) is 0 Å². The molecular weight excluding hydrogens is 234 g/mol. The first-order valence-corrected chi connectivity index (χ1v) is 5.61. The van der Waals surface area contributed by atoms with Gasteiger partial charge in [-0.05, 0) is 24.2 Å². The minimum atomic E-state index is -1.00. The zero-order valence-electron chi connectivity index (χ0n) is 9.93. The number of benzene rings is 1. The van der Waals surface area contributed by atoms with E-state index in [2.05, 4.69) is 10.6 Å². The highest BCUT2D eigenvalue weighted by atomic mass is 16.4. The van der Waals surface area contributed by atoms with Crippen molar-refractivity contribution in [3.05, 3.63) is 29.3 Å². The number of carboxylic acid groups (broad SMARTS) is 1. The molecule has 1 amide bonds. The number of hydrogen-bond donors (Lipinski definition) is 4. The maximum atomic E-state index is 11.2. The molecule has 2 atom stereocenters. The SMILES string of the molecule is CNC(C(=O)O)C(N)c1ccc2c(c1)CC(=O)N2. The molecule has 0 aliphatic carbocycles. The number of fused-ring (bicyclic) bond motifs is 1. The topological polar surface area (TPSA) is 104 Å². The Hall–Kier alpha value is -1.92. The second kappa shape index (κ2) is 4.75. The first-order chi connectivity index (χ1) is 8.52. The molecule has 0 saturated carbocycles. The molecule has 18 heavy (non-hydrogen) atoms. The third-order valence-electron chi connectivity index (χ3n) is 3.08. The Morgan fingerprint density at radius 3 is 2.89 bits per heavy atom. The van der Waals surface area contributed by atoms with Gasteiger partial charge in [0, 0.05) is 5.69 Å². The number of rotatable bonds is 4. The van der Waals surface area contributed by atoms with Gasteiger partial charge in [-0.2, -0.15) is 0 Å². The largest absolute Gasteiger partial charge is 0.480 e. The predicted octanol–water partition coefficient (Wildman–Crippen LogP) is -0.146. The number of amides is 1. The standard InChI is InChI=1S/C12H15N3O3/c1-14-11(12(17)18)10(13)6-2-3-8-7(4-6)5-9(16)15-8/h2-4,10-11,14H,5,13H2,1H3,(H,15,16)(H,17,18). The summed E-state index contributed by atoms with van der Waals surface area (Å²) >= 11 is 0. The van der Waals surface area contributed by atoms with Crippen molar-refractivity contribution in [2.45, 2.75) is 18.5 Å². The lowest BCUT2D eigenvalue weighted by Gasteiger charge is -2.20. The molecule has 0 bridgehead atoms. The summed E-state index contributed by atoms with van der Waals surface area (Å²) < 4.78 is 0. The van der Waals surface area contributed by atoms with E-state index >= 15 is 0 Å². The van der Waals surface area contributed by atoms with Gasteiger partial charge in [0.15, 0.2) is 0 Å². The summed E-state index contributed by atoms with van der Waals surface area (Å²) in [6, 6.07) is 3.76. The van der Waals surface area contributed by atoms with E-state index in [0.29, 0.717) is 12.0 Å². The van der Waals surface area contributed by atoms with Gasteiger partial charge in [-0.1, -0.05) is 12.1 Å². The number of aliphatic carboxylic acids is 1. The Bertz CT molecular complexity index is 501. The van der Waals surface area contributed by atoms with Gasteiger partial charge in [0.1, 0.15) is 6.04 Å². The van der Waals surface area contributed by atoms with Crippen LogP contribution in [0.1, 0.15) is 17.2 Å². The summed E-state index contributed by atoms with van der Waals surface area (Å²) in [5.41, 5.74) is 8.26. The van der Waals surface area contributed by atoms with Gasteiger partial charge in [-0.3, -0.25) is 9.59 Å². The molecule has 2 unspecified atom stereocenters. The molecule has 0 spiro atoms. The third-order valence-corrected chi connectivity index (χ3v) is 3.08. The fraction of sp³-hybridized carbons (Fsp3) is 0.333. The Labute approximate surface area is 104 Å². The molecule has 1 aromatic rings. The van der Waals surface area contributed by atoms with Crippen LogP contribution in [0.5, 0.6) is 0 Å². The second-order valence-corrected chi connectivity index (χ2v) is 4.27. The molecule has 1 heterocycles. The molecule has 0 aromatic heterocycles. The molecule has 0 radical (unpaired) electrons. The fourth-order valence-electron chi connectivity index (χ4n) is 2.11. The van der Waals surface area contributed by atoms with Crippen LogP contribution in [0, 0.1) is 0 Å². The minimum absolute atomic E-state index is 0.0564. The highest BCUT2D eigenvalue weighted by Crippen LogP contribution is 2.26. The smallest absolute Gasteiger partial charge is 0.322 e. The molecule has 1 aliphatic heterocycles. The molecule has 96 valence electrons. The zero-order valence-corrected chi connectivity index (χ0v) is 9.93. The second-order valence-electron chi connectivity index (χ2n) is 4.27. The van der Waals surface area contributed by atoms with Crippen molar-refractivity contribution in [1.29, 1.82) is 0 Å². The highest BCUT2D eigenvalue weighted by molar-refractivity contribution is 5.99. The van der Waals surface area contributed by atoms with Gasteiger partial charge in [0.05, 0.1) is 12.5 Å². The van der Waals surface area contributed by atoms with Crippen molar-refractivity contribution in [1.82, 2.24) is 5.32 Å². The summed E-state index contributed by atoms with van der Waals surface area (Å²) in [6.45, 7) is 0. The zero-order chi connectivity index (χ0) is 13.3. The van der Waals surface area contributed by atoms with Gasteiger partial charge in [0.25, 0.3) is 0 Å². The van der Waals surface area contributed by atoms with Gasteiger partial charge in [0.2, 0.25) is 5.91 Å². The van der Waals surface area contributed by atoms with E-state index in [1.807, 2.05) is 0 Å². The first kappa shape index (κ1) is 12.5. The van der Waals surface area contributed by atoms with Crippen molar-refractivity contribution in [2.75, 3.05) is 12.4 Å². The van der Waals surface area contributed by atoms with Crippen LogP contribution in [0.2, 0.25) is 0 Å². The number of carbonyl (C=O) groups is 2. The number of anilines is 1. The number of carboxylic acids is 1. The van der Waals surface area contributed by atoms with Crippen molar-refractivity contribution in [3.8, 4) is 0 Å². The van der Waals surface area contributed by atoms with E-state index in [0.717, 1.165) is 11.3 Å². The summed E-state index contributed by atoms with van der Waals surface area (Å²) in [5.74, 6) is -1.06. The summed E-state index contributed by atoms with van der Waals surface area (Å²) in [6.07, 6.45) is 0.313. The molecule has 2 rings (SSSR count). The number of likely N-dealkylation sites (N-methyl/N-ethyl adjacent to an activating group) is 1. The van der Waals surface area contributed by atoms with Crippen LogP contribution in [-0.4, -0.2) is 30.1 Å². The Balaban J connectivity index is 2.27. The van der Waals surface area contributed by atoms with Crippen LogP contribution in [0.25, 0.3) is 0 Å². The van der Waals surface area contributed by atoms with Gasteiger partial charge in [-0.15, -0.1) is 0 Å². The monoisotopic (exact) mass is 249 g/mol. The molecule has 5 N–H and O–H groups in total. The van der Waals surface area contributed by atoms with E-state index in [-0.39, 0.29) is 5.91 Å². The van der Waals surface area contributed by atoms with Crippen LogP contribution in [0.4, 0.5) is 5.69 Å². The Morgan fingerprint density at radius 2 is 2.28 bits per heavy atom. The average molecular weight is 249 g/mol. The van der Waals surface area contributed by atoms with Gasteiger partial charge in [-0.25, -0.2) is 0 Å². The summed E-state index contributed by atoms with van der Waals surface area (Å²) in [4.78, 5) is 22.3. The summed E-state index contributed by atoms with van der Waals surface area (Å²) in [7, 11) is 1.55. The lowest BCUT2D eigenvalue weighted by Crippen LogP contribution is -2.43. The number of nitrogens with two attached hydrogens (primary N) is 1. The number of nitrogens with one attached hydrogen (secondary N) is 2. The third kappa shape index (κ3) is 2.20. The molecule has 1 aromatic carbocycles. The van der Waals surface area contributed by atoms with Crippen LogP contribution in [0.15, 0.2) is 18.2 Å². The van der Waals surface area contributed by atoms with Gasteiger partial charge >= 0.3 is 5.97 Å². The van der Waals surface area contributed by atoms with E-state index in [1.165, 1.54) is 0 Å². The quantitative estimate of drug-likeness (QED) is 0.594. The maximum Gasteiger partial charge on any atom is 0.322 e. The van der Waals surface area contributed by atoms with Crippen molar-refractivity contribution in [2.24, 2.45) is 5.73 Å². The Kier molecular flexibility index (Phi) is 3.31. The number of hydrogen-bond acceptors (Lipinski definition) is 4. The van der Waals surface area contributed by atoms with E-state index in [1.54, 1.807) is 25.2 Å². The normalized spacial score (nSPS) is 16.9. The lowest BCUT2D eigenvalue weighted by atomic mass is 9.97. The molecule has 0 fully saturated rings. The van der Waals surface area contributed by atoms with Crippen molar-refractivity contribution >= 4 is 17.6 Å². The highest BCUT2D eigenvalue weighted by Gasteiger charge is 2.26. The number of carbonyl (C=O) groups excluding carboxylic acids is 1. The molecule has 6 nitrogen and oxygen atoms in total. The lowest BCUT2D eigenvalue weighted by molar-refractivity contribution is -0.139. The molecule has 1 aliphatic rings. The molecule has 0 saturated heterocycles. The van der Waals surface area contributed by atoms with E-state index in [4.69, 9.17) is 10.8 Å². The van der Waals surface area contributed by atoms with Crippen molar-refractivity contribution < 1.29 is 14.7 Å². The molecular formula is C12H15N3O3. The minimum Gasteiger partial charge on any atom is -0.480 e. The van der Waals surface area contributed by atoms with Crippen LogP contribution >= 0.6 is 0 Å². The first-order valence-electron chi connectivity index (χ1n) is 5.61. The fourth-order valence-corrected chi connectivity index (χ4v) is 2.11. The predicted molar refractivity (Wildman–Crippen MR) is 66.2 cm³/mol. The maximum absolute atomic E-state index is 11.2. The Morgan fingerprint density at radius 1 is 1.56 bits per heavy atom. The summed E-state index contributed by atoms with van der Waals surface area (Å²) in [5, 5.41) is 14.4. The van der Waals surface area contributed by atoms with Crippen LogP contribution < -0.4 is 16.4 Å². The van der Waals surface area contributed by atoms with Crippen LogP contribution in [0.3, 0.4) is 0 Å². The molecule has 6 heteroatoms. The van der Waals surface area contributed by atoms with E-state index in [9.17, 15) is 9.59 Å². The van der Waals surface area contributed by atoms with Gasteiger partial charge < -0.3 is 21.5 Å². The van der Waals surface area contributed by atoms with E-state index < -0.39 is 18.1 Å². The van der Waals surface area contributed by atoms with Crippen LogP contribution in [-0.2, 0) is 16.0 Å². The average Bonchev–Trinajstić information content (AvgIpc) is 2.68.